The summed E-state index contributed by atoms with van der Waals surface area (Å²) in [5, 5.41) is 3.16. The van der Waals surface area contributed by atoms with E-state index in [0.717, 1.165) is 32.8 Å². The van der Waals surface area contributed by atoms with Crippen LogP contribution in [0, 0.1) is 0 Å². The molecule has 2 atom stereocenters. The molecule has 0 aliphatic carbocycles. The number of nitrogens with two attached hydrogens (primary N) is 1. The fourth-order valence-corrected chi connectivity index (χ4v) is 10.8. The Morgan fingerprint density at radius 1 is 0.881 bits per heavy atom. The van der Waals surface area contributed by atoms with Crippen LogP contribution in [0.3, 0.4) is 0 Å². The lowest BCUT2D eigenvalue weighted by molar-refractivity contribution is -0.151. The van der Waals surface area contributed by atoms with Gasteiger partial charge in [0, 0.05) is 5.75 Å². The summed E-state index contributed by atoms with van der Waals surface area (Å²) in [6, 6.07) is 37.9. The predicted molar refractivity (Wildman–Crippen MR) is 172 cm³/mol. The highest BCUT2D eigenvalue weighted by atomic mass is 32.2. The van der Waals surface area contributed by atoms with Gasteiger partial charge in [-0.2, -0.15) is 0 Å². The lowest BCUT2D eigenvalue weighted by Gasteiger charge is -2.48. The Morgan fingerprint density at radius 3 is 1.90 bits per heavy atom. The van der Waals surface area contributed by atoms with E-state index in [1.165, 1.54) is 4.90 Å². The Hall–Kier alpha value is -4.03. The Labute approximate surface area is 250 Å². The van der Waals surface area contributed by atoms with Gasteiger partial charge in [0.15, 0.2) is 0 Å². The summed E-state index contributed by atoms with van der Waals surface area (Å²) in [7, 11) is 1.61. The molecule has 1 fully saturated rings. The molecular formula is C34H31N2O4PS. The fraction of sp³-hybridized carbons (Fsp3) is 0.147. The van der Waals surface area contributed by atoms with Gasteiger partial charge in [-0.3, -0.25) is 9.69 Å². The molecule has 8 heteroatoms. The molecule has 6 rings (SSSR count). The second kappa shape index (κ2) is 12.1. The Bertz CT molecular complexity index is 1570. The largest absolute Gasteiger partial charge is 0.497 e. The summed E-state index contributed by atoms with van der Waals surface area (Å²) in [5.41, 5.74) is 8.06. The lowest BCUT2D eigenvalue weighted by Crippen LogP contribution is -2.68. The number of thioether (sulfide) groups is 1. The van der Waals surface area contributed by atoms with Crippen LogP contribution in [0.2, 0.25) is 0 Å². The quantitative estimate of drug-likeness (QED) is 0.189. The van der Waals surface area contributed by atoms with Gasteiger partial charge in [0.25, 0.3) is 0 Å². The van der Waals surface area contributed by atoms with Crippen molar-refractivity contribution in [2.24, 2.45) is 5.73 Å². The number of methoxy groups -OCH3 is 1. The van der Waals surface area contributed by atoms with Crippen molar-refractivity contribution < 1.29 is 19.1 Å². The van der Waals surface area contributed by atoms with Gasteiger partial charge in [0.1, 0.15) is 29.5 Å². The maximum atomic E-state index is 13.9. The molecule has 4 aromatic carbocycles. The van der Waals surface area contributed by atoms with Crippen LogP contribution in [0.1, 0.15) is 5.56 Å². The van der Waals surface area contributed by atoms with E-state index in [4.69, 9.17) is 15.2 Å². The molecule has 2 aliphatic heterocycles. The van der Waals surface area contributed by atoms with Crippen LogP contribution in [0.4, 0.5) is 0 Å². The fourth-order valence-electron chi connectivity index (χ4n) is 5.46. The maximum absolute atomic E-state index is 13.9. The summed E-state index contributed by atoms with van der Waals surface area (Å²) in [6.45, 7) is -2.36. The number of β-lactam (4-membered cyclic amide) rings is 1. The van der Waals surface area contributed by atoms with E-state index in [9.17, 15) is 9.59 Å². The number of hydrogen-bond acceptors (Lipinski definition) is 6. The van der Waals surface area contributed by atoms with Gasteiger partial charge in [-0.05, 0) is 51.9 Å². The van der Waals surface area contributed by atoms with Crippen LogP contribution in [-0.2, 0) is 20.9 Å². The third-order valence-corrected chi connectivity index (χ3v) is 13.0. The Kier molecular flexibility index (Phi) is 8.07. The van der Waals surface area contributed by atoms with E-state index in [0.29, 0.717) is 5.75 Å². The Morgan fingerprint density at radius 2 is 1.40 bits per heavy atom. The summed E-state index contributed by atoms with van der Waals surface area (Å²) in [6.07, 6.45) is 0. The summed E-state index contributed by atoms with van der Waals surface area (Å²) in [4.78, 5) is 28.5. The number of esters is 1. The van der Waals surface area contributed by atoms with Crippen molar-refractivity contribution in [3.63, 3.8) is 0 Å². The maximum Gasteiger partial charge on any atom is 0.355 e. The van der Waals surface area contributed by atoms with Gasteiger partial charge in [0.05, 0.1) is 7.11 Å². The molecule has 1 saturated heterocycles. The average molecular weight is 595 g/mol. The van der Waals surface area contributed by atoms with E-state index in [-0.39, 0.29) is 23.6 Å². The molecule has 2 heterocycles. The number of hydrogen-bond donors (Lipinski definition) is 1. The molecule has 42 heavy (non-hydrogen) atoms. The van der Waals surface area contributed by atoms with Crippen molar-refractivity contribution in [3.05, 3.63) is 132 Å². The molecule has 0 bridgehead atoms. The highest BCUT2D eigenvalue weighted by Crippen LogP contribution is 2.47. The number of benzene rings is 4. The zero-order chi connectivity index (χ0) is 29.1. The third kappa shape index (κ3) is 5.09. The van der Waals surface area contributed by atoms with Crippen LogP contribution in [0.15, 0.2) is 127 Å². The number of nitrogens with zero attached hydrogens (tertiary/aromatic N) is 1. The van der Waals surface area contributed by atoms with E-state index in [1.54, 1.807) is 18.9 Å². The molecule has 2 N–H and O–H groups in total. The van der Waals surface area contributed by atoms with Crippen LogP contribution in [-0.4, -0.2) is 46.9 Å². The molecule has 4 aromatic rings. The van der Waals surface area contributed by atoms with Crippen molar-refractivity contribution in [2.75, 3.05) is 12.9 Å². The van der Waals surface area contributed by atoms with Crippen molar-refractivity contribution in [1.29, 1.82) is 0 Å². The van der Waals surface area contributed by atoms with Gasteiger partial charge in [-0.1, -0.05) is 103 Å². The first-order chi connectivity index (χ1) is 20.5. The molecule has 212 valence electrons. The predicted octanol–water partition coefficient (Wildman–Crippen LogP) is 4.03. The van der Waals surface area contributed by atoms with E-state index >= 15 is 0 Å². The van der Waals surface area contributed by atoms with Crippen LogP contribution >= 0.6 is 18.6 Å². The summed E-state index contributed by atoms with van der Waals surface area (Å²) >= 11 is 1.59. The Balaban J connectivity index is 1.54. The molecule has 6 nitrogen and oxygen atoms in total. The molecule has 1 unspecified atom stereocenters. The number of amides is 1. The van der Waals surface area contributed by atoms with E-state index in [2.05, 4.69) is 42.2 Å². The monoisotopic (exact) mass is 594 g/mol. The topological polar surface area (TPSA) is 81.9 Å². The second-order valence-corrected chi connectivity index (χ2v) is 14.4. The normalized spacial score (nSPS) is 18.1. The zero-order valence-electron chi connectivity index (χ0n) is 23.1. The minimum absolute atomic E-state index is 0.0713. The summed E-state index contributed by atoms with van der Waals surface area (Å²) < 4.78 is 11.1. The van der Waals surface area contributed by atoms with Crippen molar-refractivity contribution in [1.82, 2.24) is 4.90 Å². The smallest absolute Gasteiger partial charge is 0.355 e. The van der Waals surface area contributed by atoms with E-state index in [1.807, 2.05) is 78.9 Å². The molecular weight excluding hydrogens is 563 g/mol. The molecule has 2 aliphatic rings. The number of carbonyl (C=O) groups excluding carboxylic acids is 2. The summed E-state index contributed by atoms with van der Waals surface area (Å²) in [5.74, 6) is 2.70. The molecule has 0 spiro atoms. The zero-order valence-corrected chi connectivity index (χ0v) is 24.8. The van der Waals surface area contributed by atoms with Crippen LogP contribution in [0.5, 0.6) is 5.75 Å². The molecule has 1 amide bonds. The second-order valence-electron chi connectivity index (χ2n) is 10.1. The number of carbonyl (C=O) groups is 2. The highest BCUT2D eigenvalue weighted by molar-refractivity contribution is 8.00. The third-order valence-electron chi connectivity index (χ3n) is 7.60. The lowest BCUT2D eigenvalue weighted by atomic mass is 10.0. The minimum Gasteiger partial charge on any atom is -0.497 e. The molecule has 0 saturated carbocycles. The van der Waals surface area contributed by atoms with Crippen molar-refractivity contribution in [3.8, 4) is 5.75 Å². The molecule has 0 radical (unpaired) electrons. The van der Waals surface area contributed by atoms with Crippen molar-refractivity contribution in [2.45, 2.75) is 18.0 Å². The number of rotatable bonds is 8. The minimum atomic E-state index is -2.43. The van der Waals surface area contributed by atoms with Gasteiger partial charge in [-0.15, -0.1) is 11.8 Å². The first-order valence-electron chi connectivity index (χ1n) is 13.7. The van der Waals surface area contributed by atoms with Gasteiger partial charge in [0.2, 0.25) is 5.91 Å². The average Bonchev–Trinajstić information content (AvgIpc) is 3.06. The van der Waals surface area contributed by atoms with Crippen LogP contribution < -0.4 is 26.4 Å². The first kappa shape index (κ1) is 28.1. The highest BCUT2D eigenvalue weighted by Gasteiger charge is 2.52. The molecule has 0 aromatic heterocycles. The van der Waals surface area contributed by atoms with Gasteiger partial charge in [-0.25, -0.2) is 4.79 Å². The number of fused-ring (bicyclic) bond motifs is 1. The van der Waals surface area contributed by atoms with Gasteiger partial charge >= 0.3 is 5.97 Å². The van der Waals surface area contributed by atoms with Crippen molar-refractivity contribution >= 4 is 52.2 Å². The van der Waals surface area contributed by atoms with Crippen LogP contribution in [0.25, 0.3) is 0 Å². The SMILES string of the molecule is COc1ccc(COC(=O)C2=C(C=P(c3ccccc3)(c3ccccc3)c3ccccc3)CS[C@H]3C(N)C(=O)N23)cc1. The first-order valence-corrected chi connectivity index (χ1v) is 16.6. The standard InChI is InChI=1S/C34H31N2O4PS/c1-39-26-19-17-24(18-20-26)21-40-34(38)31-25(23-42-33-30(35)32(37)36(31)33)22-41(27-11-5-2-6-12-27,28-13-7-3-8-14-28)29-15-9-4-10-16-29/h2-20,22,30,33H,21,23,35H2,1H3/t30?,33-/m0/s1. The van der Waals surface area contributed by atoms with E-state index < -0.39 is 18.9 Å². The van der Waals surface area contributed by atoms with Gasteiger partial charge < -0.3 is 15.2 Å². The number of ether oxygens (including phenoxy) is 2.